The molecular weight excluding hydrogens is 314 g/mol. The van der Waals surface area contributed by atoms with Crippen LogP contribution < -0.4 is 5.32 Å². The van der Waals surface area contributed by atoms with Crippen molar-refractivity contribution in [3.8, 4) is 0 Å². The van der Waals surface area contributed by atoms with Crippen molar-refractivity contribution in [3.63, 3.8) is 0 Å². The van der Waals surface area contributed by atoms with Crippen LogP contribution in [0.1, 0.15) is 36.3 Å². The minimum atomic E-state index is 0.157. The first kappa shape index (κ1) is 15.1. The Morgan fingerprint density at radius 3 is 2.65 bits per heavy atom. The fraction of sp³-hybridized carbons (Fsp3) is 0.375. The average Bonchev–Trinajstić information content (AvgIpc) is 2.44. The largest absolute Gasteiger partial charge is 0.307 e. The summed E-state index contributed by atoms with van der Waals surface area (Å²) in [5.41, 5.74) is 2.36. The van der Waals surface area contributed by atoms with Gasteiger partial charge in [-0.2, -0.15) is 0 Å². The molecule has 0 saturated heterocycles. The summed E-state index contributed by atoms with van der Waals surface area (Å²) in [5.74, 6) is 0.865. The van der Waals surface area contributed by atoms with E-state index in [4.69, 9.17) is 0 Å². The van der Waals surface area contributed by atoms with Crippen molar-refractivity contribution in [2.45, 2.75) is 32.7 Å². The van der Waals surface area contributed by atoms with Crippen molar-refractivity contribution in [3.05, 3.63) is 58.1 Å². The normalized spacial score (nSPS) is 12.3. The highest BCUT2D eigenvalue weighted by molar-refractivity contribution is 9.10. The Morgan fingerprint density at radius 2 is 2.00 bits per heavy atom. The summed E-state index contributed by atoms with van der Waals surface area (Å²) in [4.78, 5) is 8.93. The molecular formula is C16H20BrN3. The Bertz CT molecular complexity index is 540. The van der Waals surface area contributed by atoms with Gasteiger partial charge in [0.15, 0.2) is 0 Å². The molecule has 0 aliphatic heterocycles. The molecule has 0 radical (unpaired) electrons. The van der Waals surface area contributed by atoms with E-state index in [2.05, 4.69) is 56.3 Å². The zero-order chi connectivity index (χ0) is 14.4. The second kappa shape index (κ2) is 7.50. The zero-order valence-corrected chi connectivity index (χ0v) is 13.5. The summed E-state index contributed by atoms with van der Waals surface area (Å²) in [6.45, 7) is 5.14. The second-order valence-electron chi connectivity index (χ2n) is 4.96. The van der Waals surface area contributed by atoms with Crippen molar-refractivity contribution in [2.75, 3.05) is 6.54 Å². The summed E-state index contributed by atoms with van der Waals surface area (Å²) < 4.78 is 1.11. The van der Waals surface area contributed by atoms with Crippen LogP contribution in [0.15, 0.2) is 41.1 Å². The quantitative estimate of drug-likeness (QED) is 0.872. The molecule has 0 aliphatic rings. The van der Waals surface area contributed by atoms with Gasteiger partial charge >= 0.3 is 0 Å². The van der Waals surface area contributed by atoms with Crippen LogP contribution in [0.3, 0.4) is 0 Å². The summed E-state index contributed by atoms with van der Waals surface area (Å²) in [6.07, 6.45) is 5.75. The van der Waals surface area contributed by atoms with Gasteiger partial charge < -0.3 is 5.32 Å². The maximum absolute atomic E-state index is 4.46. The molecule has 0 saturated carbocycles. The zero-order valence-electron chi connectivity index (χ0n) is 11.9. The molecule has 0 aliphatic carbocycles. The molecule has 20 heavy (non-hydrogen) atoms. The van der Waals surface area contributed by atoms with Gasteiger partial charge in [0.05, 0.1) is 6.04 Å². The first-order chi connectivity index (χ1) is 9.69. The maximum atomic E-state index is 4.46. The van der Waals surface area contributed by atoms with Crippen LogP contribution in [0, 0.1) is 6.92 Å². The molecule has 2 aromatic rings. The predicted molar refractivity (Wildman–Crippen MR) is 85.6 cm³/mol. The van der Waals surface area contributed by atoms with E-state index in [9.17, 15) is 0 Å². The van der Waals surface area contributed by atoms with E-state index < -0.39 is 0 Å². The molecule has 1 heterocycles. The van der Waals surface area contributed by atoms with Gasteiger partial charge in [0.25, 0.3) is 0 Å². The molecule has 1 N–H and O–H groups in total. The number of aromatic nitrogens is 2. The lowest BCUT2D eigenvalue weighted by Crippen LogP contribution is -2.26. The van der Waals surface area contributed by atoms with E-state index >= 15 is 0 Å². The van der Waals surface area contributed by atoms with Crippen LogP contribution in [0.25, 0.3) is 0 Å². The Hall–Kier alpha value is -1.26. The lowest BCUT2D eigenvalue weighted by molar-refractivity contribution is 0.504. The number of hydrogen-bond acceptors (Lipinski definition) is 3. The Kier molecular flexibility index (Phi) is 5.68. The number of rotatable bonds is 6. The van der Waals surface area contributed by atoms with Crippen LogP contribution in [-0.4, -0.2) is 16.5 Å². The van der Waals surface area contributed by atoms with Crippen LogP contribution in [-0.2, 0) is 6.42 Å². The summed E-state index contributed by atoms with van der Waals surface area (Å²) in [7, 11) is 0. The van der Waals surface area contributed by atoms with Crippen molar-refractivity contribution < 1.29 is 0 Å². The third kappa shape index (κ3) is 4.39. The van der Waals surface area contributed by atoms with E-state index in [1.54, 1.807) is 0 Å². The molecule has 4 heteroatoms. The van der Waals surface area contributed by atoms with Crippen LogP contribution in [0.2, 0.25) is 0 Å². The summed E-state index contributed by atoms with van der Waals surface area (Å²) in [6, 6.07) is 8.55. The summed E-state index contributed by atoms with van der Waals surface area (Å²) >= 11 is 3.52. The van der Waals surface area contributed by atoms with Crippen LogP contribution in [0.5, 0.6) is 0 Å². The molecule has 0 bridgehead atoms. The molecule has 0 fully saturated rings. The van der Waals surface area contributed by atoms with Gasteiger partial charge in [-0.1, -0.05) is 35.0 Å². The number of nitrogens with one attached hydrogen (secondary N) is 1. The highest BCUT2D eigenvalue weighted by Crippen LogP contribution is 2.18. The monoisotopic (exact) mass is 333 g/mol. The first-order valence-electron chi connectivity index (χ1n) is 6.95. The van der Waals surface area contributed by atoms with E-state index in [-0.39, 0.29) is 6.04 Å². The number of halogens is 1. The molecule has 1 atom stereocenters. The second-order valence-corrected chi connectivity index (χ2v) is 5.88. The Labute approximate surface area is 129 Å². The Morgan fingerprint density at radius 1 is 1.25 bits per heavy atom. The van der Waals surface area contributed by atoms with Gasteiger partial charge in [-0.25, -0.2) is 9.97 Å². The summed E-state index contributed by atoms with van der Waals surface area (Å²) in [5, 5.41) is 3.53. The third-order valence-corrected chi connectivity index (χ3v) is 3.58. The fourth-order valence-electron chi connectivity index (χ4n) is 2.06. The number of nitrogens with zero attached hydrogens (tertiary/aromatic N) is 2. The lowest BCUT2D eigenvalue weighted by Gasteiger charge is -2.17. The van der Waals surface area contributed by atoms with E-state index in [1.807, 2.05) is 25.4 Å². The van der Waals surface area contributed by atoms with Gasteiger partial charge in [-0.15, -0.1) is 0 Å². The van der Waals surface area contributed by atoms with Gasteiger partial charge in [0, 0.05) is 16.9 Å². The highest BCUT2D eigenvalue weighted by Gasteiger charge is 2.14. The predicted octanol–water partition coefficient (Wildman–Crippen LogP) is 3.83. The standard InChI is InChI=1S/C16H20BrN3/c1-3-7-18-15(16-19-10-12(2)11-20-16)9-13-5-4-6-14(17)8-13/h4-6,8,10-11,15,18H,3,7,9H2,1-2H3. The molecule has 0 amide bonds. The minimum Gasteiger partial charge on any atom is -0.307 e. The number of aryl methyl sites for hydroxylation is 1. The third-order valence-electron chi connectivity index (χ3n) is 3.08. The molecule has 0 spiro atoms. The van der Waals surface area contributed by atoms with Crippen molar-refractivity contribution in [1.82, 2.24) is 15.3 Å². The molecule has 106 valence electrons. The topological polar surface area (TPSA) is 37.8 Å². The van der Waals surface area contributed by atoms with Gasteiger partial charge in [0.1, 0.15) is 5.82 Å². The van der Waals surface area contributed by atoms with Gasteiger partial charge in [-0.05, 0) is 49.6 Å². The molecule has 1 aromatic heterocycles. The van der Waals surface area contributed by atoms with E-state index in [1.165, 1.54) is 5.56 Å². The van der Waals surface area contributed by atoms with E-state index in [0.29, 0.717) is 0 Å². The lowest BCUT2D eigenvalue weighted by atomic mass is 10.1. The molecule has 2 rings (SSSR count). The minimum absolute atomic E-state index is 0.157. The van der Waals surface area contributed by atoms with Crippen molar-refractivity contribution >= 4 is 15.9 Å². The van der Waals surface area contributed by atoms with Crippen LogP contribution in [0.4, 0.5) is 0 Å². The van der Waals surface area contributed by atoms with E-state index in [0.717, 1.165) is 35.2 Å². The Balaban J connectivity index is 2.16. The maximum Gasteiger partial charge on any atom is 0.145 e. The molecule has 3 nitrogen and oxygen atoms in total. The first-order valence-corrected chi connectivity index (χ1v) is 7.74. The SMILES string of the molecule is CCCNC(Cc1cccc(Br)c1)c1ncc(C)cn1. The average molecular weight is 334 g/mol. The highest BCUT2D eigenvalue weighted by atomic mass is 79.9. The van der Waals surface area contributed by atoms with Gasteiger partial charge in [0.2, 0.25) is 0 Å². The number of hydrogen-bond donors (Lipinski definition) is 1. The number of benzene rings is 1. The van der Waals surface area contributed by atoms with Gasteiger partial charge in [-0.3, -0.25) is 0 Å². The molecule has 1 aromatic carbocycles. The smallest absolute Gasteiger partial charge is 0.145 e. The fourth-order valence-corrected chi connectivity index (χ4v) is 2.50. The van der Waals surface area contributed by atoms with Crippen molar-refractivity contribution in [1.29, 1.82) is 0 Å². The molecule has 1 unspecified atom stereocenters. The van der Waals surface area contributed by atoms with Crippen molar-refractivity contribution in [2.24, 2.45) is 0 Å². The van der Waals surface area contributed by atoms with Crippen LogP contribution >= 0.6 is 15.9 Å².